The number of methoxy groups -OCH3 is 1. The molecule has 10 nitrogen and oxygen atoms in total. The highest BCUT2D eigenvalue weighted by Gasteiger charge is 2.44. The van der Waals surface area contributed by atoms with Crippen LogP contribution in [0.3, 0.4) is 0 Å². The second kappa shape index (κ2) is 12.8. The lowest BCUT2D eigenvalue weighted by Crippen LogP contribution is -2.40. The molecule has 1 aliphatic heterocycles. The molecule has 2 heterocycles. The largest absolute Gasteiger partial charge is 0.495 e. The lowest BCUT2D eigenvalue weighted by molar-refractivity contribution is -0.123. The topological polar surface area (TPSA) is 162 Å². The molecule has 5 rings (SSSR count). The first-order valence-electron chi connectivity index (χ1n) is 14.8. The average molecular weight is 666 g/mol. The number of ether oxygens (including phenoxy) is 2. The van der Waals surface area contributed by atoms with E-state index in [9.17, 15) is 19.1 Å². The molecule has 2 atom stereocenters. The summed E-state index contributed by atoms with van der Waals surface area (Å²) >= 11 is 6.01. The Morgan fingerprint density at radius 2 is 2.00 bits per heavy atom. The Kier molecular flexibility index (Phi) is 9.17. The summed E-state index contributed by atoms with van der Waals surface area (Å²) in [5.41, 5.74) is 10.6. The third kappa shape index (κ3) is 7.16. The first-order chi connectivity index (χ1) is 22.1. The molecule has 2 aliphatic rings. The number of primary amides is 1. The van der Waals surface area contributed by atoms with Crippen LogP contribution < -0.4 is 26.3 Å². The number of hydrogen-bond donors (Lipinski definition) is 4. The predicted molar refractivity (Wildman–Crippen MR) is 174 cm³/mol. The van der Waals surface area contributed by atoms with E-state index in [0.717, 1.165) is 18.9 Å². The molecule has 13 heteroatoms. The lowest BCUT2D eigenvalue weighted by atomic mass is 9.82. The first kappa shape index (κ1) is 33.6. The van der Waals surface area contributed by atoms with E-state index in [1.165, 1.54) is 27.0 Å². The number of pyridine rings is 1. The van der Waals surface area contributed by atoms with E-state index in [0.29, 0.717) is 28.6 Å². The number of carbonyl (C=O) groups excluding carboxylic acids is 2. The van der Waals surface area contributed by atoms with Crippen molar-refractivity contribution in [1.82, 2.24) is 10.3 Å². The number of aliphatic hydroxyl groups is 1. The molecule has 0 unspecified atom stereocenters. The van der Waals surface area contributed by atoms with Crippen LogP contribution in [0.2, 0.25) is 5.02 Å². The maximum atomic E-state index is 15.2. The van der Waals surface area contributed by atoms with Gasteiger partial charge in [-0.2, -0.15) is 0 Å². The molecule has 1 fully saturated rings. The van der Waals surface area contributed by atoms with Gasteiger partial charge in [-0.1, -0.05) is 23.4 Å². The minimum absolute atomic E-state index is 0.0638. The number of fused-ring (bicyclic) bond motifs is 1. The van der Waals surface area contributed by atoms with Crippen LogP contribution in [0.25, 0.3) is 11.3 Å². The van der Waals surface area contributed by atoms with Crippen LogP contribution in [0, 0.1) is 23.5 Å². The van der Waals surface area contributed by atoms with Crippen molar-refractivity contribution >= 4 is 35.3 Å². The molecule has 1 aliphatic carbocycles. The van der Waals surface area contributed by atoms with Crippen LogP contribution in [0.4, 0.5) is 14.5 Å². The molecule has 6 N–H and O–H groups in total. The van der Waals surface area contributed by atoms with Crippen LogP contribution in [-0.2, 0) is 10.2 Å². The minimum atomic E-state index is -1.43. The van der Waals surface area contributed by atoms with E-state index in [1.807, 2.05) is 0 Å². The highest BCUT2D eigenvalue weighted by atomic mass is 35.5. The number of nitrogens with zero attached hydrogens (tertiary/aromatic N) is 2. The highest BCUT2D eigenvalue weighted by molar-refractivity contribution is 6.31. The summed E-state index contributed by atoms with van der Waals surface area (Å²) in [5, 5.41) is 12.9. The van der Waals surface area contributed by atoms with Crippen molar-refractivity contribution in [3.8, 4) is 34.6 Å². The van der Waals surface area contributed by atoms with Crippen molar-refractivity contribution in [2.45, 2.75) is 56.6 Å². The van der Waals surface area contributed by atoms with Crippen molar-refractivity contribution in [3.63, 3.8) is 0 Å². The van der Waals surface area contributed by atoms with Gasteiger partial charge in [-0.3, -0.25) is 14.6 Å². The van der Waals surface area contributed by atoms with E-state index in [4.69, 9.17) is 32.5 Å². The zero-order chi connectivity index (χ0) is 34.3. The summed E-state index contributed by atoms with van der Waals surface area (Å²) in [5.74, 6) is 2.01. The number of rotatable bonds is 9. The van der Waals surface area contributed by atoms with E-state index in [2.05, 4.69) is 27.1 Å². The van der Waals surface area contributed by atoms with E-state index >= 15 is 4.39 Å². The molecule has 0 radical (unpaired) electrons. The second-order valence-corrected chi connectivity index (χ2v) is 12.7. The molecular weight excluding hydrogens is 632 g/mol. The van der Waals surface area contributed by atoms with Crippen LogP contribution in [-0.4, -0.2) is 60.0 Å². The summed E-state index contributed by atoms with van der Waals surface area (Å²) < 4.78 is 40.5. The molecule has 3 aromatic rings. The molecule has 1 saturated carbocycles. The van der Waals surface area contributed by atoms with Crippen molar-refractivity contribution in [2.24, 2.45) is 10.7 Å². The smallest absolute Gasteiger partial charge is 0.251 e. The van der Waals surface area contributed by atoms with Crippen LogP contribution in [0.1, 0.15) is 66.7 Å². The Bertz CT molecular complexity index is 1860. The van der Waals surface area contributed by atoms with Gasteiger partial charge in [0, 0.05) is 41.1 Å². The Balaban J connectivity index is 1.58. The molecule has 2 amide bonds. The average Bonchev–Trinajstić information content (AvgIpc) is 3.78. The Morgan fingerprint density at radius 1 is 1.28 bits per heavy atom. The Labute approximate surface area is 275 Å². The van der Waals surface area contributed by atoms with Gasteiger partial charge in [-0.25, -0.2) is 13.8 Å². The van der Waals surface area contributed by atoms with Gasteiger partial charge >= 0.3 is 0 Å². The second-order valence-electron chi connectivity index (χ2n) is 12.3. The fraction of sp³-hybridized carbons (Fsp3) is 0.353. The van der Waals surface area contributed by atoms with E-state index in [1.54, 1.807) is 25.3 Å². The molecule has 1 aromatic heterocycles. The van der Waals surface area contributed by atoms with E-state index in [-0.39, 0.29) is 52.5 Å². The third-order valence-electron chi connectivity index (χ3n) is 7.90. The normalized spacial score (nSPS) is 17.8. The number of aliphatic imine (C=N–C) groups is 1. The molecular formula is C34H34ClF2N5O5. The molecule has 0 saturated heterocycles. The van der Waals surface area contributed by atoms with Gasteiger partial charge in [-0.05, 0) is 57.9 Å². The number of benzene rings is 2. The van der Waals surface area contributed by atoms with Crippen molar-refractivity contribution in [2.75, 3.05) is 26.0 Å². The minimum Gasteiger partial charge on any atom is -0.495 e. The summed E-state index contributed by atoms with van der Waals surface area (Å²) in [6.45, 7) is 4.24. The number of anilines is 1. The van der Waals surface area contributed by atoms with Gasteiger partial charge in [0.05, 0.1) is 35.5 Å². The quantitative estimate of drug-likeness (QED) is 0.115. The zero-order valence-electron chi connectivity index (χ0n) is 26.2. The number of halogens is 3. The van der Waals surface area contributed by atoms with Gasteiger partial charge in [0.25, 0.3) is 5.91 Å². The fourth-order valence-electron chi connectivity index (χ4n) is 4.93. The summed E-state index contributed by atoms with van der Waals surface area (Å²) in [6.07, 6.45) is 3.61. The number of nitrogens with one attached hydrogen (secondary N) is 1. The van der Waals surface area contributed by atoms with Crippen LogP contribution in [0.15, 0.2) is 35.3 Å². The molecule has 2 aromatic carbocycles. The molecule has 246 valence electrons. The number of amides is 2. The number of hydrogen-bond acceptors (Lipinski definition) is 8. The highest BCUT2D eigenvalue weighted by Crippen LogP contribution is 2.46. The summed E-state index contributed by atoms with van der Waals surface area (Å²) in [4.78, 5) is 35.2. The van der Waals surface area contributed by atoms with Gasteiger partial charge in [0.1, 0.15) is 46.5 Å². The lowest BCUT2D eigenvalue weighted by Gasteiger charge is -2.21. The standard InChI is InChI=1S/C34H34ClF2N5O5/c1-33(2,45)8-7-17(14-41-31(43)18-9-19(15-40-20-5-6-20)28(38)27(10-18)46-4)26-12-22-30(47-16-34(22,3)32(39)44)29(42-26)21-11-23(35)25(37)13-24(21)36/h9-13,15,17,20,45H,5-6,14,16,38H2,1-4H3,(H2,39,44)(H,41,43)/t17-,34+/m1/s1. The maximum absolute atomic E-state index is 15.2. The monoisotopic (exact) mass is 665 g/mol. The van der Waals surface area contributed by atoms with Crippen molar-refractivity contribution in [3.05, 3.63) is 69.4 Å². The molecule has 47 heavy (non-hydrogen) atoms. The number of nitrogen functional groups attached to an aromatic ring is 1. The first-order valence-corrected chi connectivity index (χ1v) is 15.2. The fourth-order valence-corrected chi connectivity index (χ4v) is 5.09. The number of nitrogens with two attached hydrogens (primary N) is 2. The van der Waals surface area contributed by atoms with Gasteiger partial charge in [0.2, 0.25) is 5.91 Å². The number of aromatic nitrogens is 1. The van der Waals surface area contributed by atoms with Crippen LogP contribution >= 0.6 is 11.6 Å². The SMILES string of the molecule is COc1cc(C(=O)NC[C@@H](C#CC(C)(C)O)c2cc3c(c(-c4cc(Cl)c(F)cc4F)n2)OC[C@]3(C)C(N)=O)cc(C=NC2CC2)c1N. The Morgan fingerprint density at radius 3 is 2.64 bits per heavy atom. The zero-order valence-corrected chi connectivity index (χ0v) is 27.0. The van der Waals surface area contributed by atoms with Crippen LogP contribution in [0.5, 0.6) is 11.5 Å². The number of carbonyl (C=O) groups is 2. The van der Waals surface area contributed by atoms with E-state index < -0.39 is 40.4 Å². The molecule has 0 bridgehead atoms. The predicted octanol–water partition coefficient (Wildman–Crippen LogP) is 4.28. The summed E-state index contributed by atoms with van der Waals surface area (Å²) in [7, 11) is 1.44. The van der Waals surface area contributed by atoms with Gasteiger partial charge < -0.3 is 31.4 Å². The van der Waals surface area contributed by atoms with Crippen molar-refractivity contribution in [1.29, 1.82) is 0 Å². The van der Waals surface area contributed by atoms with Gasteiger partial charge in [-0.15, -0.1) is 0 Å². The Hall–Kier alpha value is -4.73. The summed E-state index contributed by atoms with van der Waals surface area (Å²) in [6, 6.07) is 6.57. The van der Waals surface area contributed by atoms with Gasteiger partial charge in [0.15, 0.2) is 0 Å². The maximum Gasteiger partial charge on any atom is 0.251 e. The van der Waals surface area contributed by atoms with Crippen molar-refractivity contribution < 1.29 is 33.0 Å². The molecule has 0 spiro atoms. The third-order valence-corrected chi connectivity index (χ3v) is 8.19.